The smallest absolute Gasteiger partial charge is 0.263 e. The highest BCUT2D eigenvalue weighted by Crippen LogP contribution is 2.19. The summed E-state index contributed by atoms with van der Waals surface area (Å²) in [6.07, 6.45) is 3.18. The molecule has 0 saturated heterocycles. The number of hydrogen-bond acceptors (Lipinski definition) is 6. The van der Waals surface area contributed by atoms with Gasteiger partial charge in [-0.2, -0.15) is 0 Å². The molecule has 0 aromatic carbocycles. The SMILES string of the molecule is CC(C)Cn1c(SCC(=O)N[C@H](C)c2ccco2)nc2ncccc2c1=O. The van der Waals surface area contributed by atoms with Gasteiger partial charge >= 0.3 is 0 Å². The van der Waals surface area contributed by atoms with Crippen LogP contribution in [0.25, 0.3) is 11.0 Å². The molecule has 1 N–H and O–H groups in total. The van der Waals surface area contributed by atoms with Crippen LogP contribution in [0.3, 0.4) is 0 Å². The third-order valence-corrected chi connectivity index (χ3v) is 4.90. The number of rotatable bonds is 7. The van der Waals surface area contributed by atoms with Gasteiger partial charge in [0, 0.05) is 12.7 Å². The zero-order chi connectivity index (χ0) is 19.4. The van der Waals surface area contributed by atoms with E-state index in [0.717, 1.165) is 0 Å². The topological polar surface area (TPSA) is 90.0 Å². The molecule has 0 spiro atoms. The molecule has 1 atom stereocenters. The van der Waals surface area contributed by atoms with Crippen molar-refractivity contribution >= 4 is 28.7 Å². The van der Waals surface area contributed by atoms with E-state index in [1.165, 1.54) is 11.8 Å². The highest BCUT2D eigenvalue weighted by molar-refractivity contribution is 7.99. The summed E-state index contributed by atoms with van der Waals surface area (Å²) in [5.41, 5.74) is 0.267. The Labute approximate surface area is 161 Å². The molecular formula is C19H22N4O3S. The fourth-order valence-corrected chi connectivity index (χ4v) is 3.50. The van der Waals surface area contributed by atoms with Gasteiger partial charge in [0.15, 0.2) is 10.8 Å². The first-order chi connectivity index (χ1) is 13.0. The van der Waals surface area contributed by atoms with E-state index in [4.69, 9.17) is 4.42 Å². The number of carbonyl (C=O) groups is 1. The van der Waals surface area contributed by atoms with Gasteiger partial charge in [-0.25, -0.2) is 9.97 Å². The molecule has 0 unspecified atom stereocenters. The second-order valence-corrected chi connectivity index (χ2v) is 7.61. The average molecular weight is 386 g/mol. The van der Waals surface area contributed by atoms with Gasteiger partial charge in [0.1, 0.15) is 5.76 Å². The molecule has 3 rings (SSSR count). The molecular weight excluding hydrogens is 364 g/mol. The van der Waals surface area contributed by atoms with Crippen molar-refractivity contribution in [3.05, 3.63) is 52.8 Å². The molecule has 0 aliphatic heterocycles. The summed E-state index contributed by atoms with van der Waals surface area (Å²) in [7, 11) is 0. The molecule has 0 bridgehead atoms. The van der Waals surface area contributed by atoms with Crippen molar-refractivity contribution in [2.24, 2.45) is 5.92 Å². The van der Waals surface area contributed by atoms with Crippen LogP contribution < -0.4 is 10.9 Å². The number of carbonyl (C=O) groups excluding carboxylic acids is 1. The van der Waals surface area contributed by atoms with Crippen LogP contribution in [-0.2, 0) is 11.3 Å². The third kappa shape index (κ3) is 4.57. The first-order valence-corrected chi connectivity index (χ1v) is 9.75. The van der Waals surface area contributed by atoms with Crippen LogP contribution in [0, 0.1) is 5.92 Å². The molecule has 27 heavy (non-hydrogen) atoms. The minimum atomic E-state index is -0.225. The number of hydrogen-bond donors (Lipinski definition) is 1. The number of fused-ring (bicyclic) bond motifs is 1. The van der Waals surface area contributed by atoms with Crippen LogP contribution in [0.15, 0.2) is 51.1 Å². The molecule has 3 heterocycles. The van der Waals surface area contributed by atoms with E-state index in [0.29, 0.717) is 28.5 Å². The number of thioether (sulfide) groups is 1. The summed E-state index contributed by atoms with van der Waals surface area (Å²) in [6, 6.07) is 6.82. The van der Waals surface area contributed by atoms with E-state index in [1.807, 2.05) is 26.8 Å². The first-order valence-electron chi connectivity index (χ1n) is 8.77. The van der Waals surface area contributed by atoms with E-state index in [2.05, 4.69) is 15.3 Å². The Morgan fingerprint density at radius 2 is 2.11 bits per heavy atom. The number of amides is 1. The minimum absolute atomic E-state index is 0.131. The summed E-state index contributed by atoms with van der Waals surface area (Å²) < 4.78 is 6.93. The van der Waals surface area contributed by atoms with Crippen LogP contribution >= 0.6 is 11.8 Å². The van der Waals surface area contributed by atoms with Crippen molar-refractivity contribution in [2.75, 3.05) is 5.75 Å². The van der Waals surface area contributed by atoms with Gasteiger partial charge in [0.25, 0.3) is 5.56 Å². The summed E-state index contributed by atoms with van der Waals surface area (Å²) in [5.74, 6) is 0.952. The normalized spacial score (nSPS) is 12.4. The van der Waals surface area contributed by atoms with Gasteiger partial charge in [-0.05, 0) is 37.1 Å². The molecule has 0 radical (unpaired) electrons. The van der Waals surface area contributed by atoms with Crippen LogP contribution in [0.5, 0.6) is 0 Å². The molecule has 3 aromatic rings. The van der Waals surface area contributed by atoms with E-state index in [9.17, 15) is 9.59 Å². The molecule has 0 saturated carbocycles. The highest BCUT2D eigenvalue weighted by Gasteiger charge is 2.16. The summed E-state index contributed by atoms with van der Waals surface area (Å²) in [4.78, 5) is 33.8. The van der Waals surface area contributed by atoms with E-state index >= 15 is 0 Å². The van der Waals surface area contributed by atoms with E-state index < -0.39 is 0 Å². The standard InChI is InChI=1S/C19H22N4O3S/c1-12(2)10-23-18(25)14-6-4-8-20-17(14)22-19(23)27-11-16(24)21-13(3)15-7-5-9-26-15/h4-9,12-13H,10-11H2,1-3H3,(H,21,24)/t13-/m1/s1. The van der Waals surface area contributed by atoms with Crippen LogP contribution in [-0.4, -0.2) is 26.2 Å². The molecule has 3 aromatic heterocycles. The lowest BCUT2D eigenvalue weighted by Crippen LogP contribution is -2.29. The molecule has 8 heteroatoms. The number of nitrogens with zero attached hydrogens (tertiary/aromatic N) is 3. The monoisotopic (exact) mass is 386 g/mol. The van der Waals surface area contributed by atoms with Crippen molar-refractivity contribution in [3.8, 4) is 0 Å². The van der Waals surface area contributed by atoms with Gasteiger partial charge in [0.05, 0.1) is 23.4 Å². The summed E-state index contributed by atoms with van der Waals surface area (Å²) in [6.45, 7) is 6.45. The largest absolute Gasteiger partial charge is 0.467 e. The van der Waals surface area contributed by atoms with Gasteiger partial charge in [-0.1, -0.05) is 25.6 Å². The Kier molecular flexibility index (Phi) is 5.95. The molecule has 142 valence electrons. The molecule has 0 aliphatic rings. The Morgan fingerprint density at radius 1 is 1.30 bits per heavy atom. The van der Waals surface area contributed by atoms with Crippen molar-refractivity contribution in [3.63, 3.8) is 0 Å². The molecule has 1 amide bonds. The predicted octanol–water partition coefficient (Wildman–Crippen LogP) is 3.01. The lowest BCUT2D eigenvalue weighted by molar-refractivity contribution is -0.119. The number of pyridine rings is 1. The maximum absolute atomic E-state index is 12.8. The molecule has 0 fully saturated rings. The van der Waals surface area contributed by atoms with Crippen LogP contribution in [0.4, 0.5) is 0 Å². The predicted molar refractivity (Wildman–Crippen MR) is 105 cm³/mol. The van der Waals surface area contributed by atoms with Crippen LogP contribution in [0.2, 0.25) is 0 Å². The Hall–Kier alpha value is -2.61. The second kappa shape index (κ2) is 8.39. The Balaban J connectivity index is 1.79. The lowest BCUT2D eigenvalue weighted by atomic mass is 10.2. The van der Waals surface area contributed by atoms with Gasteiger partial charge < -0.3 is 9.73 Å². The van der Waals surface area contributed by atoms with Crippen molar-refractivity contribution in [2.45, 2.75) is 38.5 Å². The summed E-state index contributed by atoms with van der Waals surface area (Å²) >= 11 is 1.23. The van der Waals surface area contributed by atoms with E-state index in [1.54, 1.807) is 35.2 Å². The maximum atomic E-state index is 12.8. The quantitative estimate of drug-likeness (QED) is 0.496. The molecule has 7 nitrogen and oxygen atoms in total. The minimum Gasteiger partial charge on any atom is -0.467 e. The van der Waals surface area contributed by atoms with Gasteiger partial charge in [-0.3, -0.25) is 14.2 Å². The number of furan rings is 1. The van der Waals surface area contributed by atoms with Gasteiger partial charge in [0.2, 0.25) is 5.91 Å². The number of nitrogens with one attached hydrogen (secondary N) is 1. The van der Waals surface area contributed by atoms with Crippen molar-refractivity contribution in [1.82, 2.24) is 19.9 Å². The Morgan fingerprint density at radius 3 is 2.81 bits per heavy atom. The fourth-order valence-electron chi connectivity index (χ4n) is 2.69. The zero-order valence-corrected chi connectivity index (χ0v) is 16.3. The van der Waals surface area contributed by atoms with Crippen molar-refractivity contribution < 1.29 is 9.21 Å². The first kappa shape index (κ1) is 19.2. The number of aromatic nitrogens is 3. The zero-order valence-electron chi connectivity index (χ0n) is 15.5. The highest BCUT2D eigenvalue weighted by atomic mass is 32.2. The van der Waals surface area contributed by atoms with Crippen molar-refractivity contribution in [1.29, 1.82) is 0 Å². The fraction of sp³-hybridized carbons (Fsp3) is 0.368. The van der Waals surface area contributed by atoms with Gasteiger partial charge in [-0.15, -0.1) is 0 Å². The second-order valence-electron chi connectivity index (χ2n) is 6.67. The Bertz CT molecular complexity index is 982. The van der Waals surface area contributed by atoms with Crippen LogP contribution in [0.1, 0.15) is 32.6 Å². The third-order valence-electron chi connectivity index (χ3n) is 3.92. The summed E-state index contributed by atoms with van der Waals surface area (Å²) in [5, 5.41) is 3.87. The molecule has 0 aliphatic carbocycles. The average Bonchev–Trinajstić information content (AvgIpc) is 3.17. The maximum Gasteiger partial charge on any atom is 0.263 e. The lowest BCUT2D eigenvalue weighted by Gasteiger charge is -2.15. The van der Waals surface area contributed by atoms with E-state index in [-0.39, 0.29) is 29.2 Å².